The zero-order valence-electron chi connectivity index (χ0n) is 6.87. The summed E-state index contributed by atoms with van der Waals surface area (Å²) in [6.45, 7) is 4.00. The molecule has 1 heterocycles. The first kappa shape index (κ1) is 10.7. The van der Waals surface area contributed by atoms with Crippen molar-refractivity contribution in [2.75, 3.05) is 6.26 Å². The van der Waals surface area contributed by atoms with Crippen LogP contribution < -0.4 is 0 Å². The van der Waals surface area contributed by atoms with Crippen molar-refractivity contribution in [3.8, 4) is 0 Å². The van der Waals surface area contributed by atoms with E-state index in [0.717, 1.165) is 0 Å². The molecule has 0 saturated heterocycles. The van der Waals surface area contributed by atoms with Crippen LogP contribution in [0.5, 0.6) is 0 Å². The van der Waals surface area contributed by atoms with Crippen LogP contribution in [0.25, 0.3) is 0 Å². The van der Waals surface area contributed by atoms with Crippen LogP contribution >= 0.6 is 11.3 Å². The second-order valence-electron chi connectivity index (χ2n) is 1.70. The summed E-state index contributed by atoms with van der Waals surface area (Å²) >= 11 is 1.24. The minimum absolute atomic E-state index is 0.433. The second-order valence-corrected chi connectivity index (χ2v) is 4.89. The van der Waals surface area contributed by atoms with Crippen LogP contribution in [0.1, 0.15) is 13.8 Å². The van der Waals surface area contributed by atoms with Crippen molar-refractivity contribution in [2.45, 2.75) is 18.1 Å². The Morgan fingerprint density at radius 1 is 1.36 bits per heavy atom. The largest absolute Gasteiger partial charge is 0.223 e. The Morgan fingerprint density at radius 2 is 1.91 bits per heavy atom. The summed E-state index contributed by atoms with van der Waals surface area (Å²) < 4.78 is 21.8. The fraction of sp³-hybridized carbons (Fsp3) is 0.429. The fourth-order valence-corrected chi connectivity index (χ4v) is 2.11. The Bertz CT molecular complexity index is 271. The lowest BCUT2D eigenvalue weighted by atomic mass is 10.7. The summed E-state index contributed by atoms with van der Waals surface area (Å²) in [6, 6.07) is 3.32. The van der Waals surface area contributed by atoms with E-state index in [9.17, 15) is 8.42 Å². The van der Waals surface area contributed by atoms with Gasteiger partial charge in [0, 0.05) is 6.26 Å². The Labute approximate surface area is 71.8 Å². The first-order valence-electron chi connectivity index (χ1n) is 3.34. The van der Waals surface area contributed by atoms with Crippen molar-refractivity contribution in [1.82, 2.24) is 0 Å². The molecule has 0 aliphatic carbocycles. The lowest BCUT2D eigenvalue weighted by Crippen LogP contribution is -1.91. The normalized spacial score (nSPS) is 10.1. The van der Waals surface area contributed by atoms with Crippen molar-refractivity contribution in [3.63, 3.8) is 0 Å². The lowest BCUT2D eigenvalue weighted by molar-refractivity contribution is 0.604. The van der Waals surface area contributed by atoms with E-state index in [1.807, 2.05) is 13.8 Å². The summed E-state index contributed by atoms with van der Waals surface area (Å²) in [5.74, 6) is 0. The summed E-state index contributed by atoms with van der Waals surface area (Å²) in [5.41, 5.74) is 0. The average molecular weight is 192 g/mol. The number of hydrogen-bond donors (Lipinski definition) is 0. The molecule has 0 amide bonds. The van der Waals surface area contributed by atoms with E-state index in [1.54, 1.807) is 17.5 Å². The van der Waals surface area contributed by atoms with Gasteiger partial charge in [-0.25, -0.2) is 8.42 Å². The maximum Gasteiger partial charge on any atom is 0.184 e. The maximum atomic E-state index is 10.7. The molecule has 0 aliphatic heterocycles. The Hall–Kier alpha value is -0.350. The molecule has 0 bridgehead atoms. The molecule has 0 saturated carbocycles. The molecule has 0 fully saturated rings. The van der Waals surface area contributed by atoms with Gasteiger partial charge in [0.25, 0.3) is 0 Å². The summed E-state index contributed by atoms with van der Waals surface area (Å²) in [5, 5.41) is 1.75. The Kier molecular flexibility index (Phi) is 4.37. The minimum atomic E-state index is -2.94. The molecule has 64 valence electrons. The van der Waals surface area contributed by atoms with Crippen LogP contribution in [0.4, 0.5) is 0 Å². The lowest BCUT2D eigenvalue weighted by Gasteiger charge is -1.86. The predicted octanol–water partition coefficient (Wildman–Crippen LogP) is 2.18. The molecule has 1 aromatic heterocycles. The number of sulfone groups is 1. The second kappa shape index (κ2) is 4.51. The number of hydrogen-bond acceptors (Lipinski definition) is 3. The van der Waals surface area contributed by atoms with Crippen LogP contribution in [0, 0.1) is 0 Å². The smallest absolute Gasteiger partial charge is 0.184 e. The van der Waals surface area contributed by atoms with Gasteiger partial charge in [-0.05, 0) is 11.4 Å². The van der Waals surface area contributed by atoms with Gasteiger partial charge in [0.1, 0.15) is 4.21 Å². The monoisotopic (exact) mass is 192 g/mol. The molecule has 0 radical (unpaired) electrons. The molecule has 1 rings (SSSR count). The SMILES string of the molecule is CC.CS(=O)(=O)c1cccs1. The van der Waals surface area contributed by atoms with Crippen molar-refractivity contribution in [3.05, 3.63) is 17.5 Å². The molecule has 2 nitrogen and oxygen atoms in total. The third-order valence-electron chi connectivity index (χ3n) is 0.861. The van der Waals surface area contributed by atoms with E-state index in [-0.39, 0.29) is 0 Å². The average Bonchev–Trinajstić information content (AvgIpc) is 2.40. The molecule has 1 aromatic rings. The minimum Gasteiger partial charge on any atom is -0.223 e. The summed E-state index contributed by atoms with van der Waals surface area (Å²) in [6.07, 6.45) is 1.21. The van der Waals surface area contributed by atoms with Crippen LogP contribution in [0.3, 0.4) is 0 Å². The number of rotatable bonds is 1. The van der Waals surface area contributed by atoms with Gasteiger partial charge in [-0.3, -0.25) is 0 Å². The van der Waals surface area contributed by atoms with Gasteiger partial charge in [0.15, 0.2) is 9.84 Å². The van der Waals surface area contributed by atoms with E-state index in [1.165, 1.54) is 17.6 Å². The third-order valence-corrected chi connectivity index (χ3v) is 3.59. The molecule has 0 aromatic carbocycles. The highest BCUT2D eigenvalue weighted by atomic mass is 32.2. The molecule has 0 unspecified atom stereocenters. The van der Waals surface area contributed by atoms with Crippen molar-refractivity contribution in [1.29, 1.82) is 0 Å². The first-order valence-corrected chi connectivity index (χ1v) is 6.11. The molecular formula is C7H12O2S2. The molecule has 0 aliphatic rings. The van der Waals surface area contributed by atoms with Crippen molar-refractivity contribution < 1.29 is 8.42 Å². The standard InChI is InChI=1S/C5H6O2S2.C2H6/c1-9(6,7)5-3-2-4-8-5;1-2/h2-4H,1H3;1-2H3. The zero-order valence-corrected chi connectivity index (χ0v) is 8.50. The van der Waals surface area contributed by atoms with E-state index < -0.39 is 9.84 Å². The van der Waals surface area contributed by atoms with E-state index >= 15 is 0 Å². The molecule has 0 spiro atoms. The van der Waals surface area contributed by atoms with Crippen molar-refractivity contribution in [2.24, 2.45) is 0 Å². The molecule has 0 N–H and O–H groups in total. The van der Waals surface area contributed by atoms with Crippen LogP contribution in [-0.4, -0.2) is 14.7 Å². The highest BCUT2D eigenvalue weighted by Gasteiger charge is 2.05. The first-order chi connectivity index (χ1) is 5.11. The predicted molar refractivity (Wildman–Crippen MR) is 48.8 cm³/mol. The fourth-order valence-electron chi connectivity index (χ4n) is 0.474. The van der Waals surface area contributed by atoms with Gasteiger partial charge < -0.3 is 0 Å². The van der Waals surface area contributed by atoms with E-state index in [0.29, 0.717) is 4.21 Å². The van der Waals surface area contributed by atoms with Gasteiger partial charge in [0.05, 0.1) is 0 Å². The summed E-state index contributed by atoms with van der Waals surface area (Å²) in [7, 11) is -2.94. The van der Waals surface area contributed by atoms with Crippen LogP contribution in [-0.2, 0) is 9.84 Å². The Balaban J connectivity index is 0.000000461. The molecular weight excluding hydrogens is 180 g/mol. The van der Waals surface area contributed by atoms with E-state index in [4.69, 9.17) is 0 Å². The maximum absolute atomic E-state index is 10.7. The molecule has 4 heteroatoms. The molecule has 0 atom stereocenters. The van der Waals surface area contributed by atoms with Crippen LogP contribution in [0.15, 0.2) is 21.7 Å². The third kappa shape index (κ3) is 3.53. The van der Waals surface area contributed by atoms with E-state index in [2.05, 4.69) is 0 Å². The zero-order chi connectivity index (χ0) is 8.91. The quantitative estimate of drug-likeness (QED) is 0.683. The highest BCUT2D eigenvalue weighted by molar-refractivity contribution is 7.92. The highest BCUT2D eigenvalue weighted by Crippen LogP contribution is 2.14. The topological polar surface area (TPSA) is 34.1 Å². The van der Waals surface area contributed by atoms with Crippen molar-refractivity contribution >= 4 is 21.2 Å². The van der Waals surface area contributed by atoms with Gasteiger partial charge in [-0.15, -0.1) is 11.3 Å². The van der Waals surface area contributed by atoms with Gasteiger partial charge in [0.2, 0.25) is 0 Å². The van der Waals surface area contributed by atoms with Crippen LogP contribution in [0.2, 0.25) is 0 Å². The van der Waals surface area contributed by atoms with Gasteiger partial charge in [-0.2, -0.15) is 0 Å². The Morgan fingerprint density at radius 3 is 2.09 bits per heavy atom. The van der Waals surface area contributed by atoms with Gasteiger partial charge in [-0.1, -0.05) is 19.9 Å². The molecule has 11 heavy (non-hydrogen) atoms. The van der Waals surface area contributed by atoms with Gasteiger partial charge >= 0.3 is 0 Å². The number of thiophene rings is 1. The summed E-state index contributed by atoms with van der Waals surface area (Å²) in [4.78, 5) is 0.